The molecule has 1 unspecified atom stereocenters. The van der Waals surface area contributed by atoms with Crippen molar-refractivity contribution in [2.75, 3.05) is 6.61 Å². The van der Waals surface area contributed by atoms with Crippen LogP contribution in [0.5, 0.6) is 0 Å². The summed E-state index contributed by atoms with van der Waals surface area (Å²) < 4.78 is 18.3. The van der Waals surface area contributed by atoms with Gasteiger partial charge in [0, 0.05) is 24.8 Å². The fourth-order valence-corrected chi connectivity index (χ4v) is 1.87. The summed E-state index contributed by atoms with van der Waals surface area (Å²) in [4.78, 5) is 15.3. The number of ether oxygens (including phenoxy) is 1. The predicted molar refractivity (Wildman–Crippen MR) is 56.7 cm³/mol. The zero-order chi connectivity index (χ0) is 11.4. The molecule has 1 fully saturated rings. The lowest BCUT2D eigenvalue weighted by Gasteiger charge is -2.07. The molecule has 16 heavy (non-hydrogen) atoms. The summed E-state index contributed by atoms with van der Waals surface area (Å²) in [6.45, 7) is 0.792. The molecule has 0 aromatic carbocycles. The van der Waals surface area contributed by atoms with Crippen LogP contribution < -0.4 is 0 Å². The SMILES string of the molecule is O=C(CCC1CCCO1)c1cncc(F)c1. The smallest absolute Gasteiger partial charge is 0.164 e. The molecule has 0 amide bonds. The van der Waals surface area contributed by atoms with Crippen molar-refractivity contribution in [1.29, 1.82) is 0 Å². The van der Waals surface area contributed by atoms with Crippen molar-refractivity contribution in [1.82, 2.24) is 4.98 Å². The Kier molecular flexibility index (Phi) is 3.62. The molecule has 0 radical (unpaired) electrons. The third-order valence-corrected chi connectivity index (χ3v) is 2.74. The molecular weight excluding hydrogens is 209 g/mol. The largest absolute Gasteiger partial charge is 0.378 e. The maximum atomic E-state index is 12.8. The Morgan fingerprint density at radius 1 is 1.56 bits per heavy atom. The number of halogens is 1. The van der Waals surface area contributed by atoms with Gasteiger partial charge in [-0.25, -0.2) is 4.39 Å². The molecule has 2 heterocycles. The standard InChI is InChI=1S/C12H14FNO2/c13-10-6-9(7-14-8-10)12(15)4-3-11-2-1-5-16-11/h6-8,11H,1-5H2. The molecule has 0 spiro atoms. The fourth-order valence-electron chi connectivity index (χ4n) is 1.87. The van der Waals surface area contributed by atoms with Gasteiger partial charge in [-0.05, 0) is 25.3 Å². The summed E-state index contributed by atoms with van der Waals surface area (Å²) in [5, 5.41) is 0. The van der Waals surface area contributed by atoms with Gasteiger partial charge in [-0.3, -0.25) is 9.78 Å². The maximum absolute atomic E-state index is 12.8. The molecule has 2 rings (SSSR count). The van der Waals surface area contributed by atoms with E-state index in [-0.39, 0.29) is 11.9 Å². The minimum absolute atomic E-state index is 0.0671. The summed E-state index contributed by atoms with van der Waals surface area (Å²) in [6, 6.07) is 1.23. The number of hydrogen-bond donors (Lipinski definition) is 0. The number of nitrogens with zero attached hydrogens (tertiary/aromatic N) is 1. The first-order valence-electron chi connectivity index (χ1n) is 5.51. The lowest BCUT2D eigenvalue weighted by Crippen LogP contribution is -2.09. The molecule has 0 N–H and O–H groups in total. The van der Waals surface area contributed by atoms with Gasteiger partial charge in [-0.1, -0.05) is 0 Å². The molecule has 1 aliphatic rings. The van der Waals surface area contributed by atoms with Crippen LogP contribution in [0.3, 0.4) is 0 Å². The number of Topliss-reactive ketones (excluding diaryl/α,β-unsaturated/α-hetero) is 1. The van der Waals surface area contributed by atoms with E-state index in [0.29, 0.717) is 12.0 Å². The topological polar surface area (TPSA) is 39.2 Å². The summed E-state index contributed by atoms with van der Waals surface area (Å²) in [5.74, 6) is -0.537. The molecule has 0 bridgehead atoms. The van der Waals surface area contributed by atoms with Crippen LogP contribution in [0.25, 0.3) is 0 Å². The molecular formula is C12H14FNO2. The highest BCUT2D eigenvalue weighted by atomic mass is 19.1. The van der Waals surface area contributed by atoms with Gasteiger partial charge in [0.1, 0.15) is 5.82 Å². The minimum atomic E-state index is -0.469. The lowest BCUT2D eigenvalue weighted by molar-refractivity contribution is 0.0859. The van der Waals surface area contributed by atoms with Crippen molar-refractivity contribution in [3.63, 3.8) is 0 Å². The molecule has 3 nitrogen and oxygen atoms in total. The van der Waals surface area contributed by atoms with E-state index in [2.05, 4.69) is 4.98 Å². The van der Waals surface area contributed by atoms with Gasteiger partial charge in [-0.2, -0.15) is 0 Å². The number of hydrogen-bond acceptors (Lipinski definition) is 3. The zero-order valence-corrected chi connectivity index (χ0v) is 8.99. The Balaban J connectivity index is 1.87. The zero-order valence-electron chi connectivity index (χ0n) is 8.99. The molecule has 86 valence electrons. The van der Waals surface area contributed by atoms with Crippen LogP contribution in [-0.2, 0) is 4.74 Å². The van der Waals surface area contributed by atoms with E-state index in [9.17, 15) is 9.18 Å². The first-order chi connectivity index (χ1) is 7.75. The maximum Gasteiger partial charge on any atom is 0.164 e. The van der Waals surface area contributed by atoms with Crippen molar-refractivity contribution >= 4 is 5.78 Å². The van der Waals surface area contributed by atoms with Gasteiger partial charge in [-0.15, -0.1) is 0 Å². The van der Waals surface area contributed by atoms with E-state index in [1.54, 1.807) is 0 Å². The normalized spacial score (nSPS) is 19.9. The average Bonchev–Trinajstić information content (AvgIpc) is 2.78. The number of carbonyl (C=O) groups is 1. The molecule has 1 saturated heterocycles. The van der Waals surface area contributed by atoms with Gasteiger partial charge >= 0.3 is 0 Å². The second-order valence-electron chi connectivity index (χ2n) is 3.99. The molecule has 1 aromatic heterocycles. The highest BCUT2D eigenvalue weighted by Crippen LogP contribution is 2.18. The van der Waals surface area contributed by atoms with Crippen molar-refractivity contribution < 1.29 is 13.9 Å². The first-order valence-corrected chi connectivity index (χ1v) is 5.51. The Morgan fingerprint density at radius 3 is 3.12 bits per heavy atom. The highest BCUT2D eigenvalue weighted by molar-refractivity contribution is 5.95. The number of rotatable bonds is 4. The van der Waals surface area contributed by atoms with Gasteiger partial charge in [0.15, 0.2) is 5.78 Å². The van der Waals surface area contributed by atoms with E-state index in [0.717, 1.165) is 32.1 Å². The molecule has 4 heteroatoms. The summed E-state index contributed by atoms with van der Waals surface area (Å²) >= 11 is 0. The second kappa shape index (κ2) is 5.16. The fraction of sp³-hybridized carbons (Fsp3) is 0.500. The van der Waals surface area contributed by atoms with Crippen LogP contribution in [0, 0.1) is 5.82 Å². The van der Waals surface area contributed by atoms with Crippen molar-refractivity contribution in [3.8, 4) is 0 Å². The monoisotopic (exact) mass is 223 g/mol. The summed E-state index contributed by atoms with van der Waals surface area (Å²) in [5.41, 5.74) is 0.345. The van der Waals surface area contributed by atoms with Gasteiger partial charge in [0.2, 0.25) is 0 Å². The van der Waals surface area contributed by atoms with Crippen molar-refractivity contribution in [2.24, 2.45) is 0 Å². The molecule has 1 aliphatic heterocycles. The molecule has 1 aromatic rings. The van der Waals surface area contributed by atoms with Gasteiger partial charge in [0.05, 0.1) is 12.3 Å². The Bertz CT molecular complexity index is 375. The highest BCUT2D eigenvalue weighted by Gasteiger charge is 2.17. The van der Waals surface area contributed by atoms with E-state index in [1.807, 2.05) is 0 Å². The average molecular weight is 223 g/mol. The minimum Gasteiger partial charge on any atom is -0.378 e. The summed E-state index contributed by atoms with van der Waals surface area (Å²) in [7, 11) is 0. The van der Waals surface area contributed by atoms with Crippen LogP contribution in [0.2, 0.25) is 0 Å². The quantitative estimate of drug-likeness (QED) is 0.735. The van der Waals surface area contributed by atoms with E-state index in [1.165, 1.54) is 12.3 Å². The molecule has 0 aliphatic carbocycles. The Hall–Kier alpha value is -1.29. The van der Waals surface area contributed by atoms with Crippen LogP contribution in [0.4, 0.5) is 4.39 Å². The van der Waals surface area contributed by atoms with E-state index < -0.39 is 5.82 Å². The van der Waals surface area contributed by atoms with Crippen LogP contribution >= 0.6 is 0 Å². The predicted octanol–water partition coefficient (Wildman–Crippen LogP) is 2.36. The third-order valence-electron chi connectivity index (χ3n) is 2.74. The second-order valence-corrected chi connectivity index (χ2v) is 3.99. The van der Waals surface area contributed by atoms with Crippen molar-refractivity contribution in [2.45, 2.75) is 31.8 Å². The van der Waals surface area contributed by atoms with E-state index in [4.69, 9.17) is 4.74 Å². The Morgan fingerprint density at radius 2 is 2.44 bits per heavy atom. The van der Waals surface area contributed by atoms with Gasteiger partial charge < -0.3 is 4.74 Å². The lowest BCUT2D eigenvalue weighted by atomic mass is 10.0. The molecule has 0 saturated carbocycles. The van der Waals surface area contributed by atoms with Gasteiger partial charge in [0.25, 0.3) is 0 Å². The first kappa shape index (κ1) is 11.2. The number of pyridine rings is 1. The number of ketones is 1. The van der Waals surface area contributed by atoms with Crippen LogP contribution in [-0.4, -0.2) is 23.5 Å². The number of aromatic nitrogens is 1. The molecule has 1 atom stereocenters. The van der Waals surface area contributed by atoms with E-state index >= 15 is 0 Å². The Labute approximate surface area is 93.6 Å². The third kappa shape index (κ3) is 2.85. The van der Waals surface area contributed by atoms with Crippen LogP contribution in [0.15, 0.2) is 18.5 Å². The van der Waals surface area contributed by atoms with Crippen LogP contribution in [0.1, 0.15) is 36.0 Å². The number of carbonyl (C=O) groups excluding carboxylic acids is 1. The summed E-state index contributed by atoms with van der Waals surface area (Å²) in [6.07, 6.45) is 5.91. The van der Waals surface area contributed by atoms with Crippen molar-refractivity contribution in [3.05, 3.63) is 29.8 Å².